The fraction of sp³-hybridized carbons (Fsp3) is 0.222. The van der Waals surface area contributed by atoms with Gasteiger partial charge in [-0.15, -0.1) is 0 Å². The van der Waals surface area contributed by atoms with E-state index < -0.39 is 0 Å². The van der Waals surface area contributed by atoms with Crippen LogP contribution in [0.15, 0.2) is 48.5 Å². The normalized spacial score (nSPS) is 10.2. The van der Waals surface area contributed by atoms with Crippen LogP contribution in [0.25, 0.3) is 0 Å². The van der Waals surface area contributed by atoms with E-state index in [0.29, 0.717) is 34.5 Å². The van der Waals surface area contributed by atoms with E-state index in [-0.39, 0.29) is 24.8 Å². The first-order valence-corrected chi connectivity index (χ1v) is 8.49. The number of halogens is 2. The number of amides is 2. The first-order chi connectivity index (χ1) is 12.1. The average molecular weight is 381 g/mol. The van der Waals surface area contributed by atoms with Crippen molar-refractivity contribution in [1.82, 2.24) is 10.6 Å². The molecule has 0 spiro atoms. The minimum Gasteiger partial charge on any atom is -0.492 e. The highest BCUT2D eigenvalue weighted by Gasteiger charge is 2.09. The lowest BCUT2D eigenvalue weighted by molar-refractivity contribution is -0.121. The second-order valence-electron chi connectivity index (χ2n) is 5.14. The van der Waals surface area contributed by atoms with E-state index in [0.717, 1.165) is 0 Å². The SMILES string of the molecule is O=C(CCNC(=O)c1ccccc1Cl)NCCOc1ccc(Cl)cc1. The highest BCUT2D eigenvalue weighted by atomic mass is 35.5. The molecule has 0 unspecified atom stereocenters. The lowest BCUT2D eigenvalue weighted by atomic mass is 10.2. The monoisotopic (exact) mass is 380 g/mol. The molecule has 0 radical (unpaired) electrons. The van der Waals surface area contributed by atoms with Gasteiger partial charge in [-0.1, -0.05) is 35.3 Å². The van der Waals surface area contributed by atoms with E-state index >= 15 is 0 Å². The summed E-state index contributed by atoms with van der Waals surface area (Å²) in [5.41, 5.74) is 0.390. The molecule has 0 heterocycles. The number of carbonyl (C=O) groups is 2. The van der Waals surface area contributed by atoms with Crippen LogP contribution < -0.4 is 15.4 Å². The van der Waals surface area contributed by atoms with Gasteiger partial charge in [0.05, 0.1) is 17.1 Å². The van der Waals surface area contributed by atoms with Crippen molar-refractivity contribution < 1.29 is 14.3 Å². The third kappa shape index (κ3) is 6.64. The van der Waals surface area contributed by atoms with Crippen LogP contribution in [0.3, 0.4) is 0 Å². The van der Waals surface area contributed by atoms with Gasteiger partial charge in [-0.25, -0.2) is 0 Å². The number of benzene rings is 2. The van der Waals surface area contributed by atoms with Crippen LogP contribution in [0, 0.1) is 0 Å². The summed E-state index contributed by atoms with van der Waals surface area (Å²) in [6.45, 7) is 0.952. The van der Waals surface area contributed by atoms with Crippen LogP contribution in [0.4, 0.5) is 0 Å². The summed E-state index contributed by atoms with van der Waals surface area (Å²) in [4.78, 5) is 23.7. The van der Waals surface area contributed by atoms with E-state index in [1.807, 2.05) is 0 Å². The van der Waals surface area contributed by atoms with Gasteiger partial charge < -0.3 is 15.4 Å². The van der Waals surface area contributed by atoms with Crippen LogP contribution in [-0.4, -0.2) is 31.5 Å². The lowest BCUT2D eigenvalue weighted by Crippen LogP contribution is -2.32. The summed E-state index contributed by atoms with van der Waals surface area (Å²) in [5, 5.41) is 6.40. The Bertz CT molecular complexity index is 721. The molecule has 0 bridgehead atoms. The second-order valence-corrected chi connectivity index (χ2v) is 5.98. The smallest absolute Gasteiger partial charge is 0.252 e. The van der Waals surface area contributed by atoms with Gasteiger partial charge in [-0.05, 0) is 36.4 Å². The lowest BCUT2D eigenvalue weighted by Gasteiger charge is -2.09. The van der Waals surface area contributed by atoms with Crippen LogP contribution in [-0.2, 0) is 4.79 Å². The van der Waals surface area contributed by atoms with Crippen LogP contribution in [0.1, 0.15) is 16.8 Å². The van der Waals surface area contributed by atoms with Crippen molar-refractivity contribution in [3.05, 3.63) is 64.1 Å². The van der Waals surface area contributed by atoms with E-state index in [4.69, 9.17) is 27.9 Å². The minimum absolute atomic E-state index is 0.167. The molecule has 7 heteroatoms. The molecule has 0 saturated carbocycles. The van der Waals surface area contributed by atoms with Gasteiger partial charge in [0.15, 0.2) is 0 Å². The van der Waals surface area contributed by atoms with Crippen molar-refractivity contribution in [2.45, 2.75) is 6.42 Å². The Hall–Kier alpha value is -2.24. The number of rotatable bonds is 8. The van der Waals surface area contributed by atoms with Crippen LogP contribution in [0.5, 0.6) is 5.75 Å². The Labute approximate surface area is 156 Å². The van der Waals surface area contributed by atoms with Gasteiger partial charge in [0.25, 0.3) is 5.91 Å². The fourth-order valence-electron chi connectivity index (χ4n) is 2.01. The zero-order valence-corrected chi connectivity index (χ0v) is 14.9. The number of nitrogens with one attached hydrogen (secondary N) is 2. The van der Waals surface area contributed by atoms with E-state index in [2.05, 4.69) is 10.6 Å². The third-order valence-electron chi connectivity index (χ3n) is 3.26. The Morgan fingerprint density at radius 3 is 2.36 bits per heavy atom. The zero-order valence-electron chi connectivity index (χ0n) is 13.4. The maximum atomic E-state index is 11.9. The molecule has 0 aliphatic carbocycles. The summed E-state index contributed by atoms with van der Waals surface area (Å²) >= 11 is 11.7. The number of hydrogen-bond donors (Lipinski definition) is 2. The molecule has 0 aromatic heterocycles. The molecular formula is C18H18Cl2N2O3. The van der Waals surface area contributed by atoms with Crippen LogP contribution >= 0.6 is 23.2 Å². The summed E-state index contributed by atoms with van der Waals surface area (Å²) in [5.74, 6) is 0.217. The zero-order chi connectivity index (χ0) is 18.1. The van der Waals surface area contributed by atoms with Gasteiger partial charge in [0.2, 0.25) is 5.91 Å². The highest BCUT2D eigenvalue weighted by molar-refractivity contribution is 6.33. The predicted molar refractivity (Wildman–Crippen MR) is 98.4 cm³/mol. The first-order valence-electron chi connectivity index (χ1n) is 7.74. The molecule has 2 amide bonds. The van der Waals surface area contributed by atoms with Crippen molar-refractivity contribution in [3.63, 3.8) is 0 Å². The topological polar surface area (TPSA) is 67.4 Å². The van der Waals surface area contributed by atoms with E-state index in [1.54, 1.807) is 48.5 Å². The minimum atomic E-state index is -0.301. The van der Waals surface area contributed by atoms with Crippen molar-refractivity contribution >= 4 is 35.0 Å². The Balaban J connectivity index is 1.60. The molecule has 2 N–H and O–H groups in total. The summed E-state index contributed by atoms with van der Waals surface area (Å²) in [6.07, 6.45) is 0.178. The van der Waals surface area contributed by atoms with Crippen molar-refractivity contribution in [2.24, 2.45) is 0 Å². The van der Waals surface area contributed by atoms with Crippen molar-refractivity contribution in [2.75, 3.05) is 19.7 Å². The number of hydrogen-bond acceptors (Lipinski definition) is 3. The van der Waals surface area contributed by atoms with Crippen molar-refractivity contribution in [1.29, 1.82) is 0 Å². The summed E-state index contributed by atoms with van der Waals surface area (Å²) < 4.78 is 5.47. The summed E-state index contributed by atoms with van der Waals surface area (Å²) in [6, 6.07) is 13.7. The average Bonchev–Trinajstić information content (AvgIpc) is 2.60. The molecular weight excluding hydrogens is 363 g/mol. The Morgan fingerprint density at radius 2 is 1.64 bits per heavy atom. The standard InChI is InChI=1S/C18H18Cl2N2O3/c19-13-5-7-14(8-6-13)25-12-11-21-17(23)9-10-22-18(24)15-3-1-2-4-16(15)20/h1-8H,9-12H2,(H,21,23)(H,22,24). The number of ether oxygens (including phenoxy) is 1. The van der Waals surface area contributed by atoms with Gasteiger partial charge in [-0.3, -0.25) is 9.59 Å². The fourth-order valence-corrected chi connectivity index (χ4v) is 2.36. The second kappa shape index (κ2) is 9.91. The van der Waals surface area contributed by atoms with E-state index in [9.17, 15) is 9.59 Å². The molecule has 0 saturated heterocycles. The molecule has 0 aliphatic heterocycles. The Kier molecular flexibility index (Phi) is 7.57. The van der Waals surface area contributed by atoms with E-state index in [1.165, 1.54) is 0 Å². The van der Waals surface area contributed by atoms with Crippen LogP contribution in [0.2, 0.25) is 10.0 Å². The largest absolute Gasteiger partial charge is 0.492 e. The maximum Gasteiger partial charge on any atom is 0.252 e. The number of carbonyl (C=O) groups excluding carboxylic acids is 2. The quantitative estimate of drug-likeness (QED) is 0.690. The molecule has 25 heavy (non-hydrogen) atoms. The molecule has 0 fully saturated rings. The molecule has 132 valence electrons. The molecule has 2 aromatic carbocycles. The molecule has 0 atom stereocenters. The highest BCUT2D eigenvalue weighted by Crippen LogP contribution is 2.15. The maximum absolute atomic E-state index is 11.9. The molecule has 5 nitrogen and oxygen atoms in total. The van der Waals surface area contributed by atoms with Gasteiger partial charge in [-0.2, -0.15) is 0 Å². The third-order valence-corrected chi connectivity index (χ3v) is 3.84. The first kappa shape index (κ1) is 19.1. The van der Waals surface area contributed by atoms with Gasteiger partial charge in [0.1, 0.15) is 12.4 Å². The van der Waals surface area contributed by atoms with Crippen molar-refractivity contribution in [3.8, 4) is 5.75 Å². The van der Waals surface area contributed by atoms with Gasteiger partial charge in [0, 0.05) is 18.0 Å². The predicted octanol–water partition coefficient (Wildman–Crippen LogP) is 3.31. The molecule has 2 aromatic rings. The summed E-state index contributed by atoms with van der Waals surface area (Å²) in [7, 11) is 0. The van der Waals surface area contributed by atoms with Gasteiger partial charge >= 0.3 is 0 Å². The molecule has 2 rings (SSSR count). The molecule has 0 aliphatic rings. The Morgan fingerprint density at radius 1 is 0.920 bits per heavy atom.